The zero-order valence-electron chi connectivity index (χ0n) is 49.2. The summed E-state index contributed by atoms with van der Waals surface area (Å²) in [6, 6.07) is 22.1. The number of amides is 5. The third kappa shape index (κ3) is 18.4. The van der Waals surface area contributed by atoms with Gasteiger partial charge in [0.2, 0.25) is 33.7 Å². The standard InChI is InChI=1S/C61H78N8O13S/c1-13-28-80-48-24-21-41(22-25-48)30-45(58(75)79-11)33-52(70)50(32-42-18-23-43-16-14-15-17-44(43)31-42)62-56(73)51-34-47(36-68(51)57(74)53(60(4,5)6)63-55(72)39(3)67(10)59(76)82-61(7,8)9)69-35-46(64-66-69)37-81-49-26-19-40(20-27-49)29-38(2)54(71)65-83(12,77)78/h13-27,31,35,38-39,45,47,50-51,53H,1,28-30,32-34,36-37H2,2-12H3,(H,62,73)(H,63,72)(H,65,71)/t38-,39-,45+,47-,50-,51-,53+/m0/s1. The molecule has 1 saturated heterocycles. The smallest absolute Gasteiger partial charge is 0.410 e. The number of fused-ring (bicyclic) bond motifs is 1. The fourth-order valence-corrected chi connectivity index (χ4v) is 10.0. The fourth-order valence-electron chi connectivity index (χ4n) is 9.48. The minimum Gasteiger partial charge on any atom is -0.490 e. The number of carbonyl (C=O) groups excluding carboxylic acids is 7. The number of nitrogens with zero attached hydrogens (tertiary/aromatic N) is 5. The predicted octanol–water partition coefficient (Wildman–Crippen LogP) is 6.48. The molecule has 0 unspecified atom stereocenters. The van der Waals surface area contributed by atoms with E-state index in [9.17, 15) is 32.4 Å². The predicted molar refractivity (Wildman–Crippen MR) is 311 cm³/mol. The van der Waals surface area contributed by atoms with E-state index in [1.165, 1.54) is 30.7 Å². The van der Waals surface area contributed by atoms with Crippen LogP contribution in [-0.4, -0.2) is 138 Å². The Kier molecular flexibility index (Phi) is 21.4. The van der Waals surface area contributed by atoms with Crippen LogP contribution >= 0.6 is 0 Å². The largest absolute Gasteiger partial charge is 0.490 e. The Morgan fingerprint density at radius 3 is 2.02 bits per heavy atom. The molecule has 0 spiro atoms. The van der Waals surface area contributed by atoms with Gasteiger partial charge in [0, 0.05) is 32.4 Å². The summed E-state index contributed by atoms with van der Waals surface area (Å²) < 4.78 is 49.1. The van der Waals surface area contributed by atoms with Crippen molar-refractivity contribution in [3.05, 3.63) is 132 Å². The van der Waals surface area contributed by atoms with E-state index in [0.717, 1.165) is 38.6 Å². The zero-order chi connectivity index (χ0) is 61.0. The summed E-state index contributed by atoms with van der Waals surface area (Å²) in [5, 5.41) is 16.5. The maximum atomic E-state index is 15.3. The maximum Gasteiger partial charge on any atom is 0.410 e. The van der Waals surface area contributed by atoms with Crippen LogP contribution in [0.1, 0.15) is 96.7 Å². The molecule has 6 rings (SSSR count). The Morgan fingerprint density at radius 2 is 1.42 bits per heavy atom. The number of aromatic nitrogens is 3. The summed E-state index contributed by atoms with van der Waals surface area (Å²) in [6.07, 6.45) is 3.59. The number of esters is 1. The lowest BCUT2D eigenvalue weighted by Gasteiger charge is -2.37. The number of hydrogen-bond donors (Lipinski definition) is 3. The minimum absolute atomic E-state index is 0.0000970. The summed E-state index contributed by atoms with van der Waals surface area (Å²) in [5.74, 6) is -4.09. The van der Waals surface area contributed by atoms with Gasteiger partial charge >= 0.3 is 12.1 Å². The molecule has 2 heterocycles. The van der Waals surface area contributed by atoms with Crippen molar-refractivity contribution in [1.82, 2.24) is 40.1 Å². The first kappa shape index (κ1) is 64.0. The molecule has 1 aromatic heterocycles. The second-order valence-corrected chi connectivity index (χ2v) is 25.0. The number of ether oxygens (including phenoxy) is 4. The molecule has 7 atom stereocenters. The third-order valence-electron chi connectivity index (χ3n) is 14.1. The van der Waals surface area contributed by atoms with Gasteiger partial charge in [-0.1, -0.05) is 112 Å². The van der Waals surface area contributed by atoms with Crippen LogP contribution in [0.25, 0.3) is 10.8 Å². The van der Waals surface area contributed by atoms with E-state index in [0.29, 0.717) is 23.8 Å². The Hall–Kier alpha value is -8.14. The lowest BCUT2D eigenvalue weighted by atomic mass is 9.85. The summed E-state index contributed by atoms with van der Waals surface area (Å²) >= 11 is 0. The molecule has 446 valence electrons. The van der Waals surface area contributed by atoms with E-state index in [2.05, 4.69) is 27.5 Å². The van der Waals surface area contributed by atoms with Crippen LogP contribution in [-0.2, 0) is 74.1 Å². The monoisotopic (exact) mass is 1160 g/mol. The number of sulfonamides is 1. The number of likely N-dealkylation sites (tertiary alicyclic amines) is 1. The normalized spacial score (nSPS) is 16.3. The molecule has 3 N–H and O–H groups in total. The van der Waals surface area contributed by atoms with Gasteiger partial charge in [0.15, 0.2) is 5.78 Å². The molecule has 0 aliphatic carbocycles. The Morgan fingerprint density at radius 1 is 0.807 bits per heavy atom. The van der Waals surface area contributed by atoms with Crippen molar-refractivity contribution in [3.8, 4) is 11.5 Å². The number of benzene rings is 4. The van der Waals surface area contributed by atoms with E-state index >= 15 is 9.59 Å². The molecule has 0 saturated carbocycles. The quantitative estimate of drug-likeness (QED) is 0.0417. The van der Waals surface area contributed by atoms with Gasteiger partial charge in [0.05, 0.1) is 37.6 Å². The molecular weight excluding hydrogens is 1080 g/mol. The first-order valence-corrected chi connectivity index (χ1v) is 29.3. The molecule has 21 nitrogen and oxygen atoms in total. The van der Waals surface area contributed by atoms with Crippen LogP contribution in [0.15, 0.2) is 110 Å². The second-order valence-electron chi connectivity index (χ2n) is 23.2. The van der Waals surface area contributed by atoms with Crippen LogP contribution in [0, 0.1) is 17.3 Å². The molecule has 0 bridgehead atoms. The summed E-state index contributed by atoms with van der Waals surface area (Å²) in [6.45, 7) is 17.4. The average molecular weight is 1160 g/mol. The second kappa shape index (κ2) is 27.8. The van der Waals surface area contributed by atoms with Gasteiger partial charge in [-0.2, -0.15) is 0 Å². The number of carbonyl (C=O) groups is 7. The number of likely N-dealkylation sites (N-methyl/N-ethyl adjacent to an activating group) is 1. The van der Waals surface area contributed by atoms with Crippen LogP contribution in [0.3, 0.4) is 0 Å². The van der Waals surface area contributed by atoms with Gasteiger partial charge in [-0.3, -0.25) is 38.4 Å². The summed E-state index contributed by atoms with van der Waals surface area (Å²) in [7, 11) is -1.03. The SMILES string of the molecule is C=CCOc1ccc(C[C@H](CC(=O)[C@H](Cc2ccc3ccccc3c2)NC(=O)[C@@H]2C[C@H](n3cc(COc4ccc(C[C@H](C)C(=O)NS(C)(=O)=O)cc4)nn3)CN2C(=O)[C@@H](NC(=O)[C@H](C)N(C)C(=O)OC(C)(C)C)C(C)(C)C)C(=O)OC)cc1. The van der Waals surface area contributed by atoms with Crippen molar-refractivity contribution in [2.45, 2.75) is 130 Å². The molecule has 83 heavy (non-hydrogen) atoms. The highest BCUT2D eigenvalue weighted by Gasteiger charge is 2.47. The molecule has 1 aliphatic rings. The average Bonchev–Trinajstić information content (AvgIpc) is 4.33. The molecule has 5 amide bonds. The van der Waals surface area contributed by atoms with Gasteiger partial charge in [-0.25, -0.2) is 17.9 Å². The fraction of sp³-hybridized carbons (Fsp3) is 0.459. The topological polar surface area (TPSA) is 264 Å². The highest BCUT2D eigenvalue weighted by Crippen LogP contribution is 2.32. The van der Waals surface area contributed by atoms with Crippen LogP contribution < -0.4 is 24.8 Å². The molecule has 1 aliphatic heterocycles. The van der Waals surface area contributed by atoms with E-state index in [1.807, 2.05) is 47.2 Å². The Bertz CT molecular complexity index is 3240. The van der Waals surface area contributed by atoms with Gasteiger partial charge < -0.3 is 34.5 Å². The Balaban J connectivity index is 1.29. The number of nitrogens with one attached hydrogen (secondary N) is 3. The molecule has 1 fully saturated rings. The van der Waals surface area contributed by atoms with Crippen molar-refractivity contribution in [2.24, 2.45) is 17.3 Å². The number of Topliss-reactive ketones (excluding diaryl/α,β-unsaturated/α-hetero) is 1. The van der Waals surface area contributed by atoms with E-state index in [1.54, 1.807) is 109 Å². The van der Waals surface area contributed by atoms with Crippen molar-refractivity contribution in [2.75, 3.05) is 33.6 Å². The minimum atomic E-state index is -3.70. The van der Waals surface area contributed by atoms with Crippen LogP contribution in [0.2, 0.25) is 0 Å². The van der Waals surface area contributed by atoms with Crippen molar-refractivity contribution < 1.29 is 60.9 Å². The van der Waals surface area contributed by atoms with Crippen molar-refractivity contribution in [1.29, 1.82) is 0 Å². The van der Waals surface area contributed by atoms with Gasteiger partial charge in [0.25, 0.3) is 0 Å². The van der Waals surface area contributed by atoms with E-state index in [-0.39, 0.29) is 45.3 Å². The highest BCUT2D eigenvalue weighted by atomic mass is 32.2. The zero-order valence-corrected chi connectivity index (χ0v) is 50.0. The van der Waals surface area contributed by atoms with Crippen LogP contribution in [0.4, 0.5) is 4.79 Å². The molecule has 5 aromatic rings. The molecule has 4 aromatic carbocycles. The first-order valence-electron chi connectivity index (χ1n) is 27.4. The summed E-state index contributed by atoms with van der Waals surface area (Å²) in [5.41, 5.74) is 0.858. The van der Waals surface area contributed by atoms with E-state index in [4.69, 9.17) is 18.9 Å². The summed E-state index contributed by atoms with van der Waals surface area (Å²) in [4.78, 5) is 101. The lowest BCUT2D eigenvalue weighted by Crippen LogP contribution is -2.60. The van der Waals surface area contributed by atoms with Gasteiger partial charge in [-0.15, -0.1) is 5.10 Å². The van der Waals surface area contributed by atoms with Crippen LogP contribution in [0.5, 0.6) is 11.5 Å². The van der Waals surface area contributed by atoms with Crippen molar-refractivity contribution >= 4 is 62.3 Å². The highest BCUT2D eigenvalue weighted by molar-refractivity contribution is 7.89. The molecule has 22 heteroatoms. The third-order valence-corrected chi connectivity index (χ3v) is 14.7. The Labute approximate surface area is 485 Å². The number of rotatable bonds is 25. The first-order chi connectivity index (χ1) is 39.0. The number of ketones is 1. The molecular formula is C61H78N8O13S. The number of hydrogen-bond acceptors (Lipinski definition) is 15. The van der Waals surface area contributed by atoms with E-state index < -0.39 is 105 Å². The van der Waals surface area contributed by atoms with Crippen molar-refractivity contribution in [3.63, 3.8) is 0 Å². The maximum absolute atomic E-state index is 15.3. The lowest BCUT2D eigenvalue weighted by molar-refractivity contribution is -0.147. The van der Waals surface area contributed by atoms with Gasteiger partial charge in [-0.05, 0) is 104 Å². The number of methoxy groups -OCH3 is 1. The van der Waals surface area contributed by atoms with Gasteiger partial charge in [0.1, 0.15) is 54.1 Å². The molecule has 0 radical (unpaired) electrons.